The molecular formula is C11H15N3O2. The summed E-state index contributed by atoms with van der Waals surface area (Å²) in [4.78, 5) is 11.6. The minimum absolute atomic E-state index is 0.216. The molecule has 2 N–H and O–H groups in total. The maximum Gasteiger partial charge on any atom is 0.356 e. The molecule has 5 heteroatoms. The largest absolute Gasteiger partial charge is 0.464 e. The molecule has 16 heavy (non-hydrogen) atoms. The van der Waals surface area contributed by atoms with Gasteiger partial charge in [-0.15, -0.1) is 0 Å². The SMILES string of the molecule is CCc1c(C#N)c(N)c(C(=O)OC)n1CC. The second-order valence-electron chi connectivity index (χ2n) is 3.29. The molecule has 1 aromatic heterocycles. The summed E-state index contributed by atoms with van der Waals surface area (Å²) in [5.74, 6) is -0.504. The van der Waals surface area contributed by atoms with Gasteiger partial charge in [0.1, 0.15) is 6.07 Å². The summed E-state index contributed by atoms with van der Waals surface area (Å²) in [6.45, 7) is 4.40. The zero-order chi connectivity index (χ0) is 12.3. The first-order chi connectivity index (χ1) is 7.62. The van der Waals surface area contributed by atoms with E-state index in [1.807, 2.05) is 19.9 Å². The van der Waals surface area contributed by atoms with Gasteiger partial charge in [-0.05, 0) is 13.3 Å². The fraction of sp³-hybridized carbons (Fsp3) is 0.455. The first-order valence-corrected chi connectivity index (χ1v) is 5.11. The smallest absolute Gasteiger partial charge is 0.356 e. The Hall–Kier alpha value is -1.96. The molecule has 0 unspecified atom stereocenters. The number of ether oxygens (including phenoxy) is 1. The number of esters is 1. The molecule has 0 fully saturated rings. The van der Waals surface area contributed by atoms with E-state index >= 15 is 0 Å². The Bertz CT molecular complexity index is 455. The van der Waals surface area contributed by atoms with Crippen molar-refractivity contribution in [1.82, 2.24) is 4.57 Å². The fourth-order valence-electron chi connectivity index (χ4n) is 1.85. The summed E-state index contributed by atoms with van der Waals surface area (Å²) in [7, 11) is 1.30. The van der Waals surface area contributed by atoms with Crippen molar-refractivity contribution < 1.29 is 9.53 Å². The summed E-state index contributed by atoms with van der Waals surface area (Å²) in [6, 6.07) is 2.04. The Labute approximate surface area is 94.4 Å². The van der Waals surface area contributed by atoms with Crippen LogP contribution >= 0.6 is 0 Å². The van der Waals surface area contributed by atoms with Crippen LogP contribution in [-0.2, 0) is 17.7 Å². The number of carbonyl (C=O) groups excluding carboxylic acids is 1. The first kappa shape index (κ1) is 12.1. The Morgan fingerprint density at radius 2 is 2.19 bits per heavy atom. The molecule has 0 saturated carbocycles. The van der Waals surface area contributed by atoms with E-state index < -0.39 is 5.97 Å². The second-order valence-corrected chi connectivity index (χ2v) is 3.29. The minimum atomic E-state index is -0.504. The zero-order valence-corrected chi connectivity index (χ0v) is 9.70. The third-order valence-electron chi connectivity index (χ3n) is 2.55. The maximum absolute atomic E-state index is 11.6. The molecule has 0 atom stereocenters. The molecule has 0 bridgehead atoms. The molecule has 1 aromatic rings. The van der Waals surface area contributed by atoms with Crippen molar-refractivity contribution in [3.8, 4) is 6.07 Å². The van der Waals surface area contributed by atoms with Crippen LogP contribution in [0.25, 0.3) is 0 Å². The third kappa shape index (κ3) is 1.63. The lowest BCUT2D eigenvalue weighted by Crippen LogP contribution is -2.13. The molecular weight excluding hydrogens is 206 g/mol. The second kappa shape index (κ2) is 4.71. The van der Waals surface area contributed by atoms with Crippen molar-refractivity contribution in [3.63, 3.8) is 0 Å². The number of aromatic nitrogens is 1. The number of methoxy groups -OCH3 is 1. The van der Waals surface area contributed by atoms with Gasteiger partial charge in [-0.3, -0.25) is 0 Å². The molecule has 1 heterocycles. The molecule has 0 aliphatic rings. The highest BCUT2D eigenvalue weighted by Gasteiger charge is 2.24. The molecule has 0 radical (unpaired) electrons. The standard InChI is InChI=1S/C11H15N3O2/c1-4-8-7(6-12)9(13)10(11(15)16-3)14(8)5-2/h4-5,13H2,1-3H3. The van der Waals surface area contributed by atoms with Gasteiger partial charge in [-0.1, -0.05) is 6.92 Å². The molecule has 0 saturated heterocycles. The van der Waals surface area contributed by atoms with Gasteiger partial charge >= 0.3 is 5.97 Å². The third-order valence-corrected chi connectivity index (χ3v) is 2.55. The monoisotopic (exact) mass is 221 g/mol. The number of hydrogen-bond acceptors (Lipinski definition) is 4. The van der Waals surface area contributed by atoms with E-state index in [9.17, 15) is 4.79 Å². The highest BCUT2D eigenvalue weighted by Crippen LogP contribution is 2.26. The lowest BCUT2D eigenvalue weighted by molar-refractivity contribution is 0.0589. The maximum atomic E-state index is 11.6. The Morgan fingerprint density at radius 3 is 2.56 bits per heavy atom. The summed E-state index contributed by atoms with van der Waals surface area (Å²) < 4.78 is 6.40. The number of rotatable bonds is 3. The Balaban J connectivity index is 3.55. The van der Waals surface area contributed by atoms with Crippen LogP contribution in [-0.4, -0.2) is 17.6 Å². The van der Waals surface area contributed by atoms with Crippen molar-refractivity contribution >= 4 is 11.7 Å². The van der Waals surface area contributed by atoms with Crippen LogP contribution in [0.4, 0.5) is 5.69 Å². The van der Waals surface area contributed by atoms with E-state index in [0.717, 1.165) is 5.69 Å². The Kier molecular flexibility index (Phi) is 3.56. The van der Waals surface area contributed by atoms with E-state index in [2.05, 4.69) is 4.74 Å². The lowest BCUT2D eigenvalue weighted by Gasteiger charge is -2.08. The average Bonchev–Trinajstić information content (AvgIpc) is 2.59. The van der Waals surface area contributed by atoms with Gasteiger partial charge in [-0.2, -0.15) is 5.26 Å². The number of nitrogen functional groups attached to an aromatic ring is 1. The van der Waals surface area contributed by atoms with Crippen LogP contribution in [0.2, 0.25) is 0 Å². The number of nitrogens with zero attached hydrogens (tertiary/aromatic N) is 2. The summed E-state index contributed by atoms with van der Waals surface area (Å²) in [5, 5.41) is 9.02. The highest BCUT2D eigenvalue weighted by atomic mass is 16.5. The van der Waals surface area contributed by atoms with Gasteiger partial charge in [0.25, 0.3) is 0 Å². The van der Waals surface area contributed by atoms with Crippen molar-refractivity contribution in [3.05, 3.63) is 17.0 Å². The van der Waals surface area contributed by atoms with Crippen LogP contribution in [0.5, 0.6) is 0 Å². The molecule has 0 aliphatic carbocycles. The van der Waals surface area contributed by atoms with Crippen molar-refractivity contribution in [1.29, 1.82) is 5.26 Å². The van der Waals surface area contributed by atoms with Crippen molar-refractivity contribution in [2.24, 2.45) is 0 Å². The van der Waals surface area contributed by atoms with Crippen molar-refractivity contribution in [2.45, 2.75) is 26.8 Å². The van der Waals surface area contributed by atoms with Crippen molar-refractivity contribution in [2.75, 3.05) is 12.8 Å². The summed E-state index contributed by atoms with van der Waals surface area (Å²) in [6.07, 6.45) is 0.651. The fourth-order valence-corrected chi connectivity index (χ4v) is 1.85. The number of anilines is 1. The zero-order valence-electron chi connectivity index (χ0n) is 9.70. The molecule has 0 aliphatic heterocycles. The topological polar surface area (TPSA) is 81.0 Å². The van der Waals surface area contributed by atoms with E-state index in [0.29, 0.717) is 18.5 Å². The number of hydrogen-bond donors (Lipinski definition) is 1. The quantitative estimate of drug-likeness (QED) is 0.780. The number of carbonyl (C=O) groups is 1. The average molecular weight is 221 g/mol. The van der Waals surface area contributed by atoms with Gasteiger partial charge in [0.2, 0.25) is 0 Å². The van der Waals surface area contributed by atoms with E-state index in [-0.39, 0.29) is 11.4 Å². The summed E-state index contributed by atoms with van der Waals surface area (Å²) in [5.41, 5.74) is 7.45. The van der Waals surface area contributed by atoms with Crippen LogP contribution < -0.4 is 5.73 Å². The van der Waals surface area contributed by atoms with Gasteiger partial charge in [-0.25, -0.2) is 4.79 Å². The normalized spacial score (nSPS) is 9.88. The first-order valence-electron chi connectivity index (χ1n) is 5.11. The van der Waals surface area contributed by atoms with Crippen LogP contribution in [0.3, 0.4) is 0 Å². The van der Waals surface area contributed by atoms with E-state index in [1.165, 1.54) is 7.11 Å². The van der Waals surface area contributed by atoms with Crippen LogP contribution in [0.15, 0.2) is 0 Å². The van der Waals surface area contributed by atoms with Gasteiger partial charge in [0, 0.05) is 12.2 Å². The molecule has 1 rings (SSSR count). The summed E-state index contributed by atoms with van der Waals surface area (Å²) >= 11 is 0. The minimum Gasteiger partial charge on any atom is -0.464 e. The highest BCUT2D eigenvalue weighted by molar-refractivity contribution is 5.95. The predicted molar refractivity (Wildman–Crippen MR) is 60.0 cm³/mol. The molecule has 0 spiro atoms. The van der Waals surface area contributed by atoms with E-state index in [1.54, 1.807) is 4.57 Å². The van der Waals surface area contributed by atoms with Gasteiger partial charge in [0.15, 0.2) is 5.69 Å². The predicted octanol–water partition coefficient (Wildman–Crippen LogP) is 1.31. The molecule has 86 valence electrons. The molecule has 5 nitrogen and oxygen atoms in total. The number of nitrogens with two attached hydrogens (primary N) is 1. The van der Waals surface area contributed by atoms with Gasteiger partial charge < -0.3 is 15.0 Å². The van der Waals surface area contributed by atoms with E-state index in [4.69, 9.17) is 11.0 Å². The lowest BCUT2D eigenvalue weighted by atomic mass is 10.2. The number of nitriles is 1. The Morgan fingerprint density at radius 1 is 1.56 bits per heavy atom. The molecule has 0 amide bonds. The molecule has 0 aromatic carbocycles. The van der Waals surface area contributed by atoms with Gasteiger partial charge in [0.05, 0.1) is 18.4 Å². The van der Waals surface area contributed by atoms with Crippen LogP contribution in [0, 0.1) is 11.3 Å². The van der Waals surface area contributed by atoms with Crippen LogP contribution in [0.1, 0.15) is 35.6 Å².